The van der Waals surface area contributed by atoms with Crippen LogP contribution in [0.25, 0.3) is 43.8 Å². The van der Waals surface area contributed by atoms with Crippen molar-refractivity contribution in [2.45, 2.75) is 31.7 Å². The molecule has 0 aliphatic heterocycles. The van der Waals surface area contributed by atoms with Crippen molar-refractivity contribution in [3.63, 3.8) is 0 Å². The Morgan fingerprint density at radius 3 is 2.75 bits per heavy atom. The van der Waals surface area contributed by atoms with Gasteiger partial charge < -0.3 is 11.1 Å². The van der Waals surface area contributed by atoms with Gasteiger partial charge in [0.15, 0.2) is 5.65 Å². The summed E-state index contributed by atoms with van der Waals surface area (Å²) in [6.07, 6.45) is 4.72. The van der Waals surface area contributed by atoms with E-state index in [0.717, 1.165) is 52.7 Å². The fourth-order valence-electron chi connectivity index (χ4n) is 5.11. The fourth-order valence-corrected chi connectivity index (χ4v) is 6.07. The van der Waals surface area contributed by atoms with Crippen LogP contribution in [0.1, 0.15) is 31.7 Å². The zero-order valence-electron chi connectivity index (χ0n) is 19.6. The Morgan fingerprint density at radius 2 is 2.00 bits per heavy atom. The van der Waals surface area contributed by atoms with Crippen LogP contribution in [0.2, 0.25) is 5.02 Å². The Balaban J connectivity index is 1.46. The normalized spacial score (nSPS) is 18.1. The summed E-state index contributed by atoms with van der Waals surface area (Å²) in [5.74, 6) is 0.492. The van der Waals surface area contributed by atoms with E-state index in [1.807, 2.05) is 40.4 Å². The van der Waals surface area contributed by atoms with Crippen LogP contribution in [0.4, 0.5) is 5.82 Å². The van der Waals surface area contributed by atoms with Gasteiger partial charge in [0, 0.05) is 23.9 Å². The molecule has 1 amide bonds. The Kier molecular flexibility index (Phi) is 5.81. The maximum Gasteiger partial charge on any atom is 0.222 e. The average Bonchev–Trinajstić information content (AvgIpc) is 3.57. The van der Waals surface area contributed by atoms with Crippen molar-refractivity contribution >= 4 is 56.6 Å². The number of carbonyl (C=O) groups excluding carboxylic acids is 1. The predicted molar refractivity (Wildman–Crippen MR) is 144 cm³/mol. The summed E-state index contributed by atoms with van der Waals surface area (Å²) < 4.78 is 1.94. The van der Waals surface area contributed by atoms with Crippen LogP contribution in [-0.2, 0) is 4.79 Å². The number of rotatable bonds is 4. The molecule has 0 radical (unpaired) electrons. The molecule has 0 unspecified atom stereocenters. The molecule has 4 heterocycles. The number of nitrogens with one attached hydrogen (secondary N) is 1. The van der Waals surface area contributed by atoms with Crippen LogP contribution in [0.15, 0.2) is 48.1 Å². The van der Waals surface area contributed by atoms with Gasteiger partial charge in [-0.1, -0.05) is 23.7 Å². The van der Waals surface area contributed by atoms with Gasteiger partial charge in [-0.05, 0) is 55.3 Å². The van der Waals surface area contributed by atoms with E-state index in [-0.39, 0.29) is 17.9 Å². The summed E-state index contributed by atoms with van der Waals surface area (Å²) in [5.41, 5.74) is 10.2. The van der Waals surface area contributed by atoms with Gasteiger partial charge >= 0.3 is 0 Å². The third-order valence-electron chi connectivity index (χ3n) is 6.98. The smallest absolute Gasteiger partial charge is 0.222 e. The predicted octanol–water partition coefficient (Wildman–Crippen LogP) is 5.48. The lowest BCUT2D eigenvalue weighted by Gasteiger charge is -2.27. The molecule has 182 valence electrons. The molecule has 3 N–H and O–H groups in total. The van der Waals surface area contributed by atoms with Crippen LogP contribution < -0.4 is 11.1 Å². The minimum atomic E-state index is 0.0331. The van der Waals surface area contributed by atoms with Gasteiger partial charge in [0.2, 0.25) is 5.91 Å². The first-order valence-electron chi connectivity index (χ1n) is 11.9. The highest BCUT2D eigenvalue weighted by atomic mass is 35.5. The number of hydrogen-bond donors (Lipinski definition) is 2. The first kappa shape index (κ1) is 22.9. The van der Waals surface area contributed by atoms with Crippen LogP contribution >= 0.6 is 22.9 Å². The minimum Gasteiger partial charge on any atom is -0.383 e. The van der Waals surface area contributed by atoms with Crippen molar-refractivity contribution < 1.29 is 4.79 Å². The Hall–Kier alpha value is -3.56. The maximum atomic E-state index is 12.1. The van der Waals surface area contributed by atoms with Crippen LogP contribution in [0.5, 0.6) is 0 Å². The number of nitrogen functional groups attached to an aromatic ring is 1. The van der Waals surface area contributed by atoms with E-state index in [1.54, 1.807) is 18.4 Å². The Bertz CT molecular complexity index is 1590. The second kappa shape index (κ2) is 9.15. The number of anilines is 1. The lowest BCUT2D eigenvalue weighted by Crippen LogP contribution is -2.31. The molecule has 10 heteroatoms. The molecule has 4 aromatic heterocycles. The van der Waals surface area contributed by atoms with Gasteiger partial charge in [-0.15, -0.1) is 11.3 Å². The van der Waals surface area contributed by atoms with Gasteiger partial charge in [0.05, 0.1) is 32.5 Å². The average molecular weight is 518 g/mol. The second-order valence-electron chi connectivity index (χ2n) is 9.07. The molecule has 0 bridgehead atoms. The van der Waals surface area contributed by atoms with Crippen molar-refractivity contribution in [2.24, 2.45) is 5.92 Å². The summed E-state index contributed by atoms with van der Waals surface area (Å²) in [4.78, 5) is 26.9. The molecular formula is C26H24ClN7OS. The standard InChI is InChI=1S/C26H24ClN7OS/c1-29-26(35)14-4-7-16(8-5-14)34-25-22(24(28)30-13-31-25)23(33-34)17-12-20-15(11-18(17)27)6-9-19(32-20)21-3-2-10-36-21/h2-3,6,9-14,16H,4-5,7-8H2,1H3,(H,29,35)(H2,28,30,31). The van der Waals surface area contributed by atoms with E-state index in [1.165, 1.54) is 6.33 Å². The number of fused-ring (bicyclic) bond motifs is 2. The van der Waals surface area contributed by atoms with E-state index in [9.17, 15) is 4.79 Å². The number of amides is 1. The highest BCUT2D eigenvalue weighted by molar-refractivity contribution is 7.13. The Labute approximate surface area is 216 Å². The van der Waals surface area contributed by atoms with Crippen LogP contribution in [0.3, 0.4) is 0 Å². The minimum absolute atomic E-state index is 0.0331. The molecule has 8 nitrogen and oxygen atoms in total. The van der Waals surface area contributed by atoms with E-state index in [0.29, 0.717) is 27.6 Å². The van der Waals surface area contributed by atoms with E-state index < -0.39 is 0 Å². The molecule has 1 fully saturated rings. The molecule has 36 heavy (non-hydrogen) atoms. The van der Waals surface area contributed by atoms with Crippen molar-refractivity contribution in [1.29, 1.82) is 0 Å². The van der Waals surface area contributed by atoms with Crippen molar-refractivity contribution in [1.82, 2.24) is 30.0 Å². The largest absolute Gasteiger partial charge is 0.383 e. The third-order valence-corrected chi connectivity index (χ3v) is 8.19. The number of hydrogen-bond acceptors (Lipinski definition) is 7. The number of benzene rings is 1. The van der Waals surface area contributed by atoms with Gasteiger partial charge in [-0.25, -0.2) is 19.6 Å². The van der Waals surface area contributed by atoms with E-state index in [4.69, 9.17) is 27.4 Å². The van der Waals surface area contributed by atoms with Crippen LogP contribution in [-0.4, -0.2) is 37.7 Å². The highest BCUT2D eigenvalue weighted by Gasteiger charge is 2.30. The lowest BCUT2D eigenvalue weighted by atomic mass is 9.85. The van der Waals surface area contributed by atoms with Gasteiger partial charge in [-0.2, -0.15) is 5.10 Å². The summed E-state index contributed by atoms with van der Waals surface area (Å²) >= 11 is 8.45. The molecule has 5 aromatic rings. The van der Waals surface area contributed by atoms with Crippen molar-refractivity contribution in [2.75, 3.05) is 12.8 Å². The lowest BCUT2D eigenvalue weighted by molar-refractivity contribution is -0.125. The van der Waals surface area contributed by atoms with E-state index in [2.05, 4.69) is 21.4 Å². The van der Waals surface area contributed by atoms with E-state index >= 15 is 0 Å². The maximum absolute atomic E-state index is 12.1. The number of nitrogens with zero attached hydrogens (tertiary/aromatic N) is 5. The number of halogens is 1. The third kappa shape index (κ3) is 3.88. The number of nitrogens with two attached hydrogens (primary N) is 1. The first-order chi connectivity index (χ1) is 17.5. The quantitative estimate of drug-likeness (QED) is 0.326. The zero-order valence-corrected chi connectivity index (χ0v) is 21.2. The van der Waals surface area contributed by atoms with Gasteiger partial charge in [0.1, 0.15) is 17.8 Å². The molecule has 1 aliphatic rings. The highest BCUT2D eigenvalue weighted by Crippen LogP contribution is 2.40. The summed E-state index contributed by atoms with van der Waals surface area (Å²) in [6.45, 7) is 0. The van der Waals surface area contributed by atoms with Crippen molar-refractivity contribution in [3.8, 4) is 21.8 Å². The summed E-state index contributed by atoms with van der Waals surface area (Å²) in [6, 6.07) is 12.1. The first-order valence-corrected chi connectivity index (χ1v) is 13.1. The molecule has 1 aliphatic carbocycles. The Morgan fingerprint density at radius 1 is 1.17 bits per heavy atom. The van der Waals surface area contributed by atoms with Gasteiger partial charge in [-0.3, -0.25) is 4.79 Å². The van der Waals surface area contributed by atoms with Crippen LogP contribution in [0, 0.1) is 5.92 Å². The molecule has 1 saturated carbocycles. The fraction of sp³-hybridized carbons (Fsp3) is 0.269. The summed E-state index contributed by atoms with van der Waals surface area (Å²) in [5, 5.41) is 12.0. The number of thiophene rings is 1. The molecule has 0 spiro atoms. The number of pyridine rings is 1. The molecule has 1 aromatic carbocycles. The zero-order chi connectivity index (χ0) is 24.8. The summed E-state index contributed by atoms with van der Waals surface area (Å²) in [7, 11) is 1.69. The topological polar surface area (TPSA) is 112 Å². The number of carbonyl (C=O) groups is 1. The molecule has 6 rings (SSSR count). The van der Waals surface area contributed by atoms with Gasteiger partial charge in [0.25, 0.3) is 0 Å². The number of aromatic nitrogens is 5. The molecular weight excluding hydrogens is 494 g/mol. The molecule has 0 atom stereocenters. The SMILES string of the molecule is CNC(=O)C1CCC(n2nc(-c3cc4nc(-c5cccs5)ccc4cc3Cl)c3c(N)ncnc32)CC1. The monoisotopic (exact) mass is 517 g/mol. The second-order valence-corrected chi connectivity index (χ2v) is 10.4. The van der Waals surface area contributed by atoms with Crippen molar-refractivity contribution in [3.05, 3.63) is 53.1 Å². The molecule has 0 saturated heterocycles.